The summed E-state index contributed by atoms with van der Waals surface area (Å²) in [5.41, 5.74) is 8.87. The first kappa shape index (κ1) is 17.0. The predicted octanol–water partition coefficient (Wildman–Crippen LogP) is 2.99. The maximum Gasteiger partial charge on any atom is 0.261 e. The van der Waals surface area contributed by atoms with Gasteiger partial charge in [0.2, 0.25) is 5.95 Å². The van der Waals surface area contributed by atoms with Gasteiger partial charge in [0.25, 0.3) is 5.56 Å². The maximum absolute atomic E-state index is 11.8. The van der Waals surface area contributed by atoms with Crippen LogP contribution < -0.4 is 11.3 Å². The van der Waals surface area contributed by atoms with E-state index >= 15 is 0 Å². The van der Waals surface area contributed by atoms with E-state index < -0.39 is 0 Å². The summed E-state index contributed by atoms with van der Waals surface area (Å²) in [7, 11) is 0. The van der Waals surface area contributed by atoms with Gasteiger partial charge in [0.1, 0.15) is 5.65 Å². The number of carbonyl (C=O) groups excluding carboxylic acids is 1. The summed E-state index contributed by atoms with van der Waals surface area (Å²) >= 11 is 0. The summed E-state index contributed by atoms with van der Waals surface area (Å²) in [6.07, 6.45) is 4.38. The Kier molecular flexibility index (Phi) is 4.97. The standard InChI is InChI=1S/C19H22N4O2/c1-2-16(24)13-9-7-12(8-10-13)5-3-4-6-14-11-15-17(21-14)22-19(20)23-18(15)25/h7-11H,2-6H2,1H3,(H4,20,21,22,23,25). The minimum atomic E-state index is -0.216. The first-order valence-corrected chi connectivity index (χ1v) is 8.56. The van der Waals surface area contributed by atoms with E-state index in [1.165, 1.54) is 5.56 Å². The van der Waals surface area contributed by atoms with Crippen molar-refractivity contribution >= 4 is 22.8 Å². The normalized spacial score (nSPS) is 11.1. The summed E-state index contributed by atoms with van der Waals surface area (Å²) in [5.74, 6) is 0.297. The van der Waals surface area contributed by atoms with Gasteiger partial charge in [-0.2, -0.15) is 4.98 Å². The number of fused-ring (bicyclic) bond motifs is 1. The highest BCUT2D eigenvalue weighted by molar-refractivity contribution is 5.95. The molecule has 0 saturated carbocycles. The Bertz CT molecular complexity index is 938. The zero-order chi connectivity index (χ0) is 17.8. The number of aromatic amines is 2. The van der Waals surface area contributed by atoms with Gasteiger partial charge in [-0.25, -0.2) is 0 Å². The van der Waals surface area contributed by atoms with Gasteiger partial charge in [0, 0.05) is 17.7 Å². The molecule has 0 bridgehead atoms. The second kappa shape index (κ2) is 7.34. The largest absolute Gasteiger partial charge is 0.369 e. The minimum absolute atomic E-state index is 0.121. The second-order valence-electron chi connectivity index (χ2n) is 6.19. The lowest BCUT2D eigenvalue weighted by atomic mass is 10.0. The SMILES string of the molecule is CCC(=O)c1ccc(CCCCc2cc3c(=O)[nH]c(N)nc3[nH]2)cc1. The van der Waals surface area contributed by atoms with Crippen LogP contribution in [0.25, 0.3) is 11.0 Å². The number of benzene rings is 1. The van der Waals surface area contributed by atoms with Gasteiger partial charge in [-0.3, -0.25) is 14.6 Å². The molecule has 0 aliphatic heterocycles. The van der Waals surface area contributed by atoms with Crippen LogP contribution in [0.15, 0.2) is 35.1 Å². The molecule has 130 valence electrons. The third-order valence-electron chi connectivity index (χ3n) is 4.33. The summed E-state index contributed by atoms with van der Waals surface area (Å²) < 4.78 is 0. The summed E-state index contributed by atoms with van der Waals surface area (Å²) in [6, 6.07) is 9.70. The molecule has 0 fully saturated rings. The Labute approximate surface area is 145 Å². The van der Waals surface area contributed by atoms with Gasteiger partial charge >= 0.3 is 0 Å². The fourth-order valence-corrected chi connectivity index (χ4v) is 2.93. The van der Waals surface area contributed by atoms with Crippen molar-refractivity contribution in [2.24, 2.45) is 0 Å². The number of nitrogens with zero attached hydrogens (tertiary/aromatic N) is 1. The van der Waals surface area contributed by atoms with Gasteiger partial charge in [-0.15, -0.1) is 0 Å². The van der Waals surface area contributed by atoms with E-state index in [0.717, 1.165) is 36.9 Å². The number of anilines is 1. The number of nitrogens with one attached hydrogen (secondary N) is 2. The van der Waals surface area contributed by atoms with Crippen molar-refractivity contribution < 1.29 is 4.79 Å². The summed E-state index contributed by atoms with van der Waals surface area (Å²) in [5, 5.41) is 0.542. The Balaban J connectivity index is 1.54. The first-order chi connectivity index (χ1) is 12.1. The lowest BCUT2D eigenvalue weighted by molar-refractivity contribution is 0.0988. The molecule has 25 heavy (non-hydrogen) atoms. The molecule has 2 heterocycles. The average molecular weight is 338 g/mol. The number of unbranched alkanes of at least 4 members (excludes halogenated alkanes) is 1. The monoisotopic (exact) mass is 338 g/mol. The van der Waals surface area contributed by atoms with Crippen molar-refractivity contribution in [2.75, 3.05) is 5.73 Å². The number of Topliss-reactive ketones (excluding diaryl/α,β-unsaturated/α-hetero) is 1. The van der Waals surface area contributed by atoms with Crippen molar-refractivity contribution in [2.45, 2.75) is 39.0 Å². The molecule has 3 rings (SSSR count). The number of nitrogen functional groups attached to an aromatic ring is 1. The zero-order valence-electron chi connectivity index (χ0n) is 14.3. The van der Waals surface area contributed by atoms with Gasteiger partial charge in [-0.05, 0) is 37.3 Å². The summed E-state index contributed by atoms with van der Waals surface area (Å²) in [4.78, 5) is 33.2. The molecular weight excluding hydrogens is 316 g/mol. The van der Waals surface area contributed by atoms with Crippen LogP contribution in [0, 0.1) is 0 Å². The van der Waals surface area contributed by atoms with Crippen molar-refractivity contribution in [1.82, 2.24) is 15.0 Å². The Morgan fingerprint density at radius 3 is 2.56 bits per heavy atom. The number of aryl methyl sites for hydroxylation is 2. The van der Waals surface area contributed by atoms with Crippen LogP contribution in [0.3, 0.4) is 0 Å². The zero-order valence-corrected chi connectivity index (χ0v) is 14.3. The maximum atomic E-state index is 11.8. The predicted molar refractivity (Wildman–Crippen MR) is 98.8 cm³/mol. The molecule has 6 nitrogen and oxygen atoms in total. The average Bonchev–Trinajstić information content (AvgIpc) is 3.01. The van der Waals surface area contributed by atoms with Crippen LogP contribution in [0.1, 0.15) is 47.8 Å². The third kappa shape index (κ3) is 3.96. The van der Waals surface area contributed by atoms with E-state index in [2.05, 4.69) is 15.0 Å². The van der Waals surface area contributed by atoms with Crippen LogP contribution in [0.5, 0.6) is 0 Å². The molecule has 0 unspecified atom stereocenters. The van der Waals surface area contributed by atoms with E-state index in [1.807, 2.05) is 37.3 Å². The fraction of sp³-hybridized carbons (Fsp3) is 0.316. The highest BCUT2D eigenvalue weighted by Gasteiger charge is 2.07. The van der Waals surface area contributed by atoms with Crippen LogP contribution in [-0.2, 0) is 12.8 Å². The third-order valence-corrected chi connectivity index (χ3v) is 4.33. The number of hydrogen-bond acceptors (Lipinski definition) is 4. The van der Waals surface area contributed by atoms with Gasteiger partial charge in [0.15, 0.2) is 5.78 Å². The molecule has 0 amide bonds. The topological polar surface area (TPSA) is 105 Å². The number of ketones is 1. The van der Waals surface area contributed by atoms with E-state index in [9.17, 15) is 9.59 Å². The molecule has 0 aliphatic rings. The number of aromatic nitrogens is 3. The molecule has 0 radical (unpaired) electrons. The molecule has 1 aromatic carbocycles. The highest BCUT2D eigenvalue weighted by atomic mass is 16.1. The van der Waals surface area contributed by atoms with Gasteiger partial charge in [0.05, 0.1) is 5.39 Å². The number of nitrogens with two attached hydrogens (primary N) is 1. The molecule has 0 saturated heterocycles. The van der Waals surface area contributed by atoms with Crippen LogP contribution in [0.4, 0.5) is 5.95 Å². The molecular formula is C19H22N4O2. The van der Waals surface area contributed by atoms with Crippen LogP contribution in [-0.4, -0.2) is 20.7 Å². The van der Waals surface area contributed by atoms with Crippen molar-refractivity contribution in [1.29, 1.82) is 0 Å². The number of rotatable bonds is 7. The van der Waals surface area contributed by atoms with Gasteiger partial charge < -0.3 is 10.7 Å². The number of carbonyl (C=O) groups is 1. The van der Waals surface area contributed by atoms with E-state index in [1.54, 1.807) is 0 Å². The lowest BCUT2D eigenvalue weighted by Gasteiger charge is -2.03. The van der Waals surface area contributed by atoms with E-state index in [0.29, 0.717) is 17.5 Å². The van der Waals surface area contributed by atoms with Crippen molar-refractivity contribution in [3.8, 4) is 0 Å². The van der Waals surface area contributed by atoms with Crippen molar-refractivity contribution in [3.05, 3.63) is 57.5 Å². The van der Waals surface area contributed by atoms with Crippen LogP contribution >= 0.6 is 0 Å². The molecule has 4 N–H and O–H groups in total. The van der Waals surface area contributed by atoms with Crippen molar-refractivity contribution in [3.63, 3.8) is 0 Å². The van der Waals surface area contributed by atoms with Crippen LogP contribution in [0.2, 0.25) is 0 Å². The Morgan fingerprint density at radius 2 is 1.84 bits per heavy atom. The van der Waals surface area contributed by atoms with Gasteiger partial charge in [-0.1, -0.05) is 31.2 Å². The number of hydrogen-bond donors (Lipinski definition) is 3. The molecule has 0 spiro atoms. The molecule has 3 aromatic rings. The molecule has 2 aromatic heterocycles. The smallest absolute Gasteiger partial charge is 0.261 e. The Morgan fingerprint density at radius 1 is 1.12 bits per heavy atom. The summed E-state index contributed by atoms with van der Waals surface area (Å²) in [6.45, 7) is 1.87. The second-order valence-corrected chi connectivity index (χ2v) is 6.19. The number of H-pyrrole nitrogens is 2. The van der Waals surface area contributed by atoms with E-state index in [4.69, 9.17) is 5.73 Å². The molecule has 6 heteroatoms. The van der Waals surface area contributed by atoms with E-state index in [-0.39, 0.29) is 17.3 Å². The Hall–Kier alpha value is -2.89. The lowest BCUT2D eigenvalue weighted by Crippen LogP contribution is -2.09. The first-order valence-electron chi connectivity index (χ1n) is 8.56. The molecule has 0 atom stereocenters. The highest BCUT2D eigenvalue weighted by Crippen LogP contribution is 2.14. The fourth-order valence-electron chi connectivity index (χ4n) is 2.93. The quantitative estimate of drug-likeness (QED) is 0.455. The molecule has 0 aliphatic carbocycles. The minimum Gasteiger partial charge on any atom is -0.369 e.